The van der Waals surface area contributed by atoms with Crippen LogP contribution in [-0.4, -0.2) is 14.0 Å². The summed E-state index contributed by atoms with van der Waals surface area (Å²) in [5, 5.41) is 9.51. The Bertz CT molecular complexity index is 592. The molecule has 0 amide bonds. The van der Waals surface area contributed by atoms with Gasteiger partial charge in [-0.3, -0.25) is 0 Å². The van der Waals surface area contributed by atoms with E-state index in [9.17, 15) is 8.42 Å². The molecule has 0 aliphatic heterocycles. The summed E-state index contributed by atoms with van der Waals surface area (Å²) in [4.78, 5) is 0. The van der Waals surface area contributed by atoms with Crippen LogP contribution in [-0.2, 0) is 15.8 Å². The van der Waals surface area contributed by atoms with Crippen LogP contribution in [0.5, 0.6) is 0 Å². The van der Waals surface area contributed by atoms with Gasteiger partial charge >= 0.3 is 0 Å². The molecule has 0 spiro atoms. The van der Waals surface area contributed by atoms with Crippen LogP contribution < -0.4 is 4.72 Å². The quantitative estimate of drug-likeness (QED) is 0.929. The predicted molar refractivity (Wildman–Crippen MR) is 71.9 cm³/mol. The maximum Gasteiger partial charge on any atom is 0.217 e. The lowest BCUT2D eigenvalue weighted by molar-refractivity contribution is 0.535. The summed E-state index contributed by atoms with van der Waals surface area (Å²) >= 11 is 11.6. The largest absolute Gasteiger partial charge is 0.217 e. The topological polar surface area (TPSA) is 70.0 Å². The molecule has 18 heavy (non-hydrogen) atoms. The van der Waals surface area contributed by atoms with Crippen molar-refractivity contribution in [2.75, 3.05) is 0 Å². The van der Waals surface area contributed by atoms with Gasteiger partial charge in [0.1, 0.15) is 5.54 Å². The lowest BCUT2D eigenvalue weighted by Gasteiger charge is -2.17. The third kappa shape index (κ3) is 4.46. The molecule has 4 nitrogen and oxygen atoms in total. The van der Waals surface area contributed by atoms with Crippen LogP contribution in [0.15, 0.2) is 18.2 Å². The summed E-state index contributed by atoms with van der Waals surface area (Å²) in [5.74, 6) is -0.298. The molecule has 0 unspecified atom stereocenters. The molecule has 0 bridgehead atoms. The van der Waals surface area contributed by atoms with Gasteiger partial charge in [0.2, 0.25) is 10.0 Å². The average molecular weight is 307 g/mol. The minimum atomic E-state index is -3.64. The van der Waals surface area contributed by atoms with Gasteiger partial charge < -0.3 is 0 Å². The van der Waals surface area contributed by atoms with Crippen LogP contribution in [0.2, 0.25) is 10.0 Å². The zero-order chi connectivity index (χ0) is 14.0. The summed E-state index contributed by atoms with van der Waals surface area (Å²) in [6, 6.07) is 6.45. The highest BCUT2D eigenvalue weighted by atomic mass is 35.5. The van der Waals surface area contributed by atoms with Crippen LogP contribution in [0.3, 0.4) is 0 Å². The molecule has 1 N–H and O–H groups in total. The normalized spacial score (nSPS) is 12.2. The van der Waals surface area contributed by atoms with Crippen molar-refractivity contribution in [2.45, 2.75) is 25.1 Å². The minimum absolute atomic E-state index is 0.280. The zero-order valence-electron chi connectivity index (χ0n) is 9.87. The average Bonchev–Trinajstić information content (AvgIpc) is 2.21. The molecule has 0 saturated carbocycles. The van der Waals surface area contributed by atoms with Crippen LogP contribution >= 0.6 is 23.2 Å². The van der Waals surface area contributed by atoms with Crippen LogP contribution in [0.1, 0.15) is 19.4 Å². The Hall–Kier alpha value is -0.800. The molecule has 0 heterocycles. The Balaban J connectivity index is 2.94. The number of nitriles is 1. The number of nitrogens with zero attached hydrogens (tertiary/aromatic N) is 1. The molecule has 98 valence electrons. The van der Waals surface area contributed by atoms with Gasteiger partial charge in [-0.05, 0) is 31.5 Å². The highest BCUT2D eigenvalue weighted by Gasteiger charge is 2.25. The number of nitrogens with one attached hydrogen (secondary N) is 1. The molecule has 1 rings (SSSR count). The fourth-order valence-corrected chi connectivity index (χ4v) is 3.40. The van der Waals surface area contributed by atoms with Gasteiger partial charge in [-0.1, -0.05) is 29.3 Å². The molecule has 0 aliphatic carbocycles. The maximum absolute atomic E-state index is 11.9. The van der Waals surface area contributed by atoms with E-state index in [1.807, 2.05) is 6.07 Å². The van der Waals surface area contributed by atoms with E-state index in [0.717, 1.165) is 0 Å². The standard InChI is InChI=1S/C11H12Cl2N2O2S/c1-11(2,7-14)15-18(16,17)6-8-3-4-9(12)5-10(8)13/h3-5,15H,6H2,1-2H3. The van der Waals surface area contributed by atoms with Gasteiger partial charge in [-0.25, -0.2) is 8.42 Å². The van der Waals surface area contributed by atoms with E-state index in [-0.39, 0.29) is 10.8 Å². The molecule has 0 aliphatic rings. The van der Waals surface area contributed by atoms with E-state index >= 15 is 0 Å². The molecule has 0 saturated heterocycles. The van der Waals surface area contributed by atoms with Crippen molar-refractivity contribution in [2.24, 2.45) is 0 Å². The molecule has 0 fully saturated rings. The number of rotatable bonds is 4. The Kier molecular flexibility index (Phi) is 4.62. The predicted octanol–water partition coefficient (Wildman–Crippen LogP) is 2.71. The first kappa shape index (κ1) is 15.3. The van der Waals surface area contributed by atoms with E-state index in [1.165, 1.54) is 19.9 Å². The smallest absolute Gasteiger partial charge is 0.212 e. The van der Waals surface area contributed by atoms with Crippen LogP contribution in [0.25, 0.3) is 0 Å². The Morgan fingerprint density at radius 3 is 2.50 bits per heavy atom. The van der Waals surface area contributed by atoms with E-state index in [0.29, 0.717) is 10.6 Å². The summed E-state index contributed by atoms with van der Waals surface area (Å²) in [5.41, 5.74) is -0.722. The molecule has 0 aromatic heterocycles. The van der Waals surface area contributed by atoms with Crippen LogP contribution in [0, 0.1) is 11.3 Å². The van der Waals surface area contributed by atoms with E-state index in [4.69, 9.17) is 28.5 Å². The summed E-state index contributed by atoms with van der Waals surface area (Å²) in [7, 11) is -3.64. The number of hydrogen-bond acceptors (Lipinski definition) is 3. The second-order valence-corrected chi connectivity index (χ2v) is 6.90. The minimum Gasteiger partial charge on any atom is -0.212 e. The molecule has 7 heteroatoms. The summed E-state index contributed by atoms with van der Waals surface area (Å²) in [6.07, 6.45) is 0. The molecule has 0 radical (unpaired) electrons. The fraction of sp³-hybridized carbons (Fsp3) is 0.364. The second-order valence-electron chi connectivity index (χ2n) is 4.33. The molecule has 1 aromatic rings. The van der Waals surface area contributed by atoms with Crippen molar-refractivity contribution in [3.8, 4) is 6.07 Å². The highest BCUT2D eigenvalue weighted by molar-refractivity contribution is 7.88. The first-order valence-electron chi connectivity index (χ1n) is 5.02. The summed E-state index contributed by atoms with van der Waals surface area (Å²) in [6.45, 7) is 2.96. The zero-order valence-corrected chi connectivity index (χ0v) is 12.2. The number of benzene rings is 1. The Labute approximate surface area is 117 Å². The van der Waals surface area contributed by atoms with Gasteiger partial charge in [0.15, 0.2) is 0 Å². The van der Waals surface area contributed by atoms with E-state index < -0.39 is 15.6 Å². The number of sulfonamides is 1. The van der Waals surface area contributed by atoms with E-state index in [2.05, 4.69) is 4.72 Å². The monoisotopic (exact) mass is 306 g/mol. The molecular weight excluding hydrogens is 295 g/mol. The van der Waals surface area contributed by atoms with Crippen molar-refractivity contribution in [3.05, 3.63) is 33.8 Å². The first-order valence-corrected chi connectivity index (χ1v) is 7.43. The van der Waals surface area contributed by atoms with Crippen molar-refractivity contribution in [1.82, 2.24) is 4.72 Å². The lowest BCUT2D eigenvalue weighted by Crippen LogP contribution is -2.42. The van der Waals surface area contributed by atoms with Crippen molar-refractivity contribution < 1.29 is 8.42 Å². The Morgan fingerprint density at radius 2 is 2.00 bits per heavy atom. The number of hydrogen-bond donors (Lipinski definition) is 1. The van der Waals surface area contributed by atoms with Crippen molar-refractivity contribution >= 4 is 33.2 Å². The van der Waals surface area contributed by atoms with Gasteiger partial charge in [0, 0.05) is 10.0 Å². The highest BCUT2D eigenvalue weighted by Crippen LogP contribution is 2.22. The van der Waals surface area contributed by atoms with Gasteiger partial charge in [-0.15, -0.1) is 0 Å². The van der Waals surface area contributed by atoms with Crippen molar-refractivity contribution in [3.63, 3.8) is 0 Å². The fourth-order valence-electron chi connectivity index (χ4n) is 1.29. The maximum atomic E-state index is 11.9. The molecule has 1 aromatic carbocycles. The van der Waals surface area contributed by atoms with Gasteiger partial charge in [0.25, 0.3) is 0 Å². The van der Waals surface area contributed by atoms with E-state index in [1.54, 1.807) is 12.1 Å². The third-order valence-electron chi connectivity index (χ3n) is 2.05. The molecule has 0 atom stereocenters. The van der Waals surface area contributed by atoms with Gasteiger partial charge in [0.05, 0.1) is 11.8 Å². The summed E-state index contributed by atoms with van der Waals surface area (Å²) < 4.78 is 26.0. The molecular formula is C11H12Cl2N2O2S. The van der Waals surface area contributed by atoms with Crippen LogP contribution in [0.4, 0.5) is 0 Å². The van der Waals surface area contributed by atoms with Crippen molar-refractivity contribution in [1.29, 1.82) is 5.26 Å². The lowest BCUT2D eigenvalue weighted by atomic mass is 10.1. The Morgan fingerprint density at radius 1 is 1.39 bits per heavy atom. The van der Waals surface area contributed by atoms with Gasteiger partial charge in [-0.2, -0.15) is 9.98 Å². The third-order valence-corrected chi connectivity index (χ3v) is 4.15. The SMILES string of the molecule is CC(C)(C#N)NS(=O)(=O)Cc1ccc(Cl)cc1Cl. The second kappa shape index (κ2) is 5.45. The number of halogens is 2. The first-order chi connectivity index (χ1) is 8.15.